The van der Waals surface area contributed by atoms with E-state index in [1.54, 1.807) is 0 Å². The molecule has 0 aliphatic carbocycles. The third-order valence-corrected chi connectivity index (χ3v) is 2.60. The van der Waals surface area contributed by atoms with E-state index in [0.717, 1.165) is 12.1 Å². The molecule has 74 valence electrons. The van der Waals surface area contributed by atoms with Crippen LogP contribution in [0, 0.1) is 6.92 Å². The van der Waals surface area contributed by atoms with Gasteiger partial charge in [0.15, 0.2) is 0 Å². The van der Waals surface area contributed by atoms with E-state index < -0.39 is 0 Å². The number of benzene rings is 1. The molecule has 0 aliphatic rings. The van der Waals surface area contributed by atoms with Gasteiger partial charge in [0, 0.05) is 24.7 Å². The Balaban J connectivity index is 2.71. The van der Waals surface area contributed by atoms with Gasteiger partial charge in [0.25, 0.3) is 0 Å². The van der Waals surface area contributed by atoms with Crippen molar-refractivity contribution in [3.8, 4) is 0 Å². The maximum absolute atomic E-state index is 4.44. The molecule has 0 amide bonds. The predicted molar refractivity (Wildman–Crippen MR) is 58.2 cm³/mol. The summed E-state index contributed by atoms with van der Waals surface area (Å²) in [5.74, 6) is 0. The van der Waals surface area contributed by atoms with Crippen molar-refractivity contribution in [2.75, 3.05) is 7.05 Å². The molecule has 0 fully saturated rings. The lowest BCUT2D eigenvalue weighted by Gasteiger charge is -2.02. The first-order chi connectivity index (χ1) is 6.74. The SMILES string of the molecule is CNCc1cccc2nn(C)c(C)c12. The Bertz CT molecular complexity index is 457. The second-order valence-electron chi connectivity index (χ2n) is 3.55. The van der Waals surface area contributed by atoms with E-state index >= 15 is 0 Å². The number of hydrogen-bond acceptors (Lipinski definition) is 2. The third-order valence-electron chi connectivity index (χ3n) is 2.60. The maximum Gasteiger partial charge on any atom is 0.0929 e. The summed E-state index contributed by atoms with van der Waals surface area (Å²) < 4.78 is 1.93. The molecule has 3 nitrogen and oxygen atoms in total. The van der Waals surface area contributed by atoms with Gasteiger partial charge < -0.3 is 5.32 Å². The molecule has 1 aromatic heterocycles. The largest absolute Gasteiger partial charge is 0.316 e. The van der Waals surface area contributed by atoms with Crippen molar-refractivity contribution in [1.82, 2.24) is 15.1 Å². The van der Waals surface area contributed by atoms with Gasteiger partial charge in [-0.05, 0) is 25.6 Å². The molecule has 0 aliphatic heterocycles. The van der Waals surface area contributed by atoms with Crippen LogP contribution in [-0.2, 0) is 13.6 Å². The van der Waals surface area contributed by atoms with Crippen molar-refractivity contribution in [2.45, 2.75) is 13.5 Å². The zero-order chi connectivity index (χ0) is 10.1. The number of nitrogens with zero attached hydrogens (tertiary/aromatic N) is 2. The molecule has 14 heavy (non-hydrogen) atoms. The maximum atomic E-state index is 4.44. The smallest absolute Gasteiger partial charge is 0.0929 e. The lowest BCUT2D eigenvalue weighted by Crippen LogP contribution is -2.05. The van der Waals surface area contributed by atoms with Crippen LogP contribution >= 0.6 is 0 Å². The first kappa shape index (κ1) is 9.21. The van der Waals surface area contributed by atoms with Gasteiger partial charge in [-0.15, -0.1) is 0 Å². The number of aromatic nitrogens is 2. The van der Waals surface area contributed by atoms with E-state index in [4.69, 9.17) is 0 Å². The van der Waals surface area contributed by atoms with Gasteiger partial charge in [0.1, 0.15) is 0 Å². The predicted octanol–water partition coefficient (Wildman–Crippen LogP) is 1.60. The van der Waals surface area contributed by atoms with E-state index in [0.29, 0.717) is 0 Å². The van der Waals surface area contributed by atoms with Crippen LogP contribution in [0.2, 0.25) is 0 Å². The Kier molecular flexibility index (Phi) is 2.25. The highest BCUT2D eigenvalue weighted by Gasteiger charge is 2.07. The molecule has 2 rings (SSSR count). The summed E-state index contributed by atoms with van der Waals surface area (Å²) in [6.07, 6.45) is 0. The monoisotopic (exact) mass is 189 g/mol. The van der Waals surface area contributed by atoms with E-state index in [1.165, 1.54) is 16.6 Å². The standard InChI is InChI=1S/C11H15N3/c1-8-11-9(7-12-2)5-4-6-10(11)13-14(8)3/h4-6,12H,7H2,1-3H3. The second kappa shape index (κ2) is 3.42. The summed E-state index contributed by atoms with van der Waals surface area (Å²) >= 11 is 0. The average Bonchev–Trinajstić information content (AvgIpc) is 2.45. The zero-order valence-corrected chi connectivity index (χ0v) is 8.83. The van der Waals surface area contributed by atoms with Gasteiger partial charge in [0.05, 0.1) is 5.52 Å². The molecule has 0 unspecified atom stereocenters. The second-order valence-corrected chi connectivity index (χ2v) is 3.55. The number of aryl methyl sites for hydroxylation is 2. The topological polar surface area (TPSA) is 29.9 Å². The normalized spacial score (nSPS) is 11.1. The minimum atomic E-state index is 0.893. The Labute approximate surface area is 83.7 Å². The first-order valence-corrected chi connectivity index (χ1v) is 4.80. The minimum Gasteiger partial charge on any atom is -0.316 e. The van der Waals surface area contributed by atoms with Crippen molar-refractivity contribution < 1.29 is 0 Å². The van der Waals surface area contributed by atoms with Crippen LogP contribution in [0.25, 0.3) is 10.9 Å². The summed E-state index contributed by atoms with van der Waals surface area (Å²) in [7, 11) is 3.95. The molecular formula is C11H15N3. The molecule has 1 heterocycles. The van der Waals surface area contributed by atoms with Crippen LogP contribution in [0.1, 0.15) is 11.3 Å². The molecule has 0 saturated carbocycles. The van der Waals surface area contributed by atoms with Gasteiger partial charge in [-0.25, -0.2) is 0 Å². The van der Waals surface area contributed by atoms with Crippen LogP contribution in [0.4, 0.5) is 0 Å². The lowest BCUT2D eigenvalue weighted by molar-refractivity contribution is 0.750. The van der Waals surface area contributed by atoms with E-state index in [1.807, 2.05) is 18.8 Å². The molecule has 0 saturated heterocycles. The molecule has 2 aromatic rings. The van der Waals surface area contributed by atoms with Gasteiger partial charge in [-0.2, -0.15) is 5.10 Å². The van der Waals surface area contributed by atoms with Crippen LogP contribution in [-0.4, -0.2) is 16.8 Å². The van der Waals surface area contributed by atoms with Crippen molar-refractivity contribution in [2.24, 2.45) is 7.05 Å². The van der Waals surface area contributed by atoms with Gasteiger partial charge in [-0.3, -0.25) is 4.68 Å². The van der Waals surface area contributed by atoms with Crippen molar-refractivity contribution in [3.63, 3.8) is 0 Å². The summed E-state index contributed by atoms with van der Waals surface area (Å²) in [6.45, 7) is 3.00. The third kappa shape index (κ3) is 1.30. The number of fused-ring (bicyclic) bond motifs is 1. The van der Waals surface area contributed by atoms with Crippen LogP contribution in [0.15, 0.2) is 18.2 Å². The highest BCUT2D eigenvalue weighted by molar-refractivity contribution is 5.84. The van der Waals surface area contributed by atoms with Crippen LogP contribution in [0.3, 0.4) is 0 Å². The van der Waals surface area contributed by atoms with Gasteiger partial charge in [-0.1, -0.05) is 12.1 Å². The lowest BCUT2D eigenvalue weighted by atomic mass is 10.1. The molecule has 0 atom stereocenters. The number of hydrogen-bond donors (Lipinski definition) is 1. The fraction of sp³-hybridized carbons (Fsp3) is 0.364. The Hall–Kier alpha value is -1.35. The number of nitrogens with one attached hydrogen (secondary N) is 1. The molecule has 1 N–H and O–H groups in total. The van der Waals surface area contributed by atoms with E-state index in [-0.39, 0.29) is 0 Å². The summed E-state index contributed by atoms with van der Waals surface area (Å²) in [4.78, 5) is 0. The highest BCUT2D eigenvalue weighted by atomic mass is 15.3. The highest BCUT2D eigenvalue weighted by Crippen LogP contribution is 2.21. The molecular weight excluding hydrogens is 174 g/mol. The molecule has 1 aromatic carbocycles. The summed E-state index contributed by atoms with van der Waals surface area (Å²) in [6, 6.07) is 6.26. The van der Waals surface area contributed by atoms with Crippen molar-refractivity contribution >= 4 is 10.9 Å². The Morgan fingerprint density at radius 1 is 1.43 bits per heavy atom. The summed E-state index contributed by atoms with van der Waals surface area (Å²) in [5.41, 5.74) is 3.62. The quantitative estimate of drug-likeness (QED) is 0.777. The van der Waals surface area contributed by atoms with E-state index in [2.05, 4.69) is 35.5 Å². The van der Waals surface area contributed by atoms with Gasteiger partial charge >= 0.3 is 0 Å². The Morgan fingerprint density at radius 2 is 2.21 bits per heavy atom. The number of rotatable bonds is 2. The molecule has 0 spiro atoms. The van der Waals surface area contributed by atoms with Crippen molar-refractivity contribution in [1.29, 1.82) is 0 Å². The summed E-state index contributed by atoms with van der Waals surface area (Å²) in [5, 5.41) is 8.90. The van der Waals surface area contributed by atoms with E-state index in [9.17, 15) is 0 Å². The Morgan fingerprint density at radius 3 is 2.93 bits per heavy atom. The average molecular weight is 189 g/mol. The van der Waals surface area contributed by atoms with Crippen molar-refractivity contribution in [3.05, 3.63) is 29.5 Å². The first-order valence-electron chi connectivity index (χ1n) is 4.80. The van der Waals surface area contributed by atoms with Gasteiger partial charge in [0.2, 0.25) is 0 Å². The fourth-order valence-electron chi connectivity index (χ4n) is 1.82. The van der Waals surface area contributed by atoms with Crippen LogP contribution in [0.5, 0.6) is 0 Å². The molecule has 0 bridgehead atoms. The fourth-order valence-corrected chi connectivity index (χ4v) is 1.82. The zero-order valence-electron chi connectivity index (χ0n) is 8.83. The van der Waals surface area contributed by atoms with Crippen LogP contribution < -0.4 is 5.32 Å². The minimum absolute atomic E-state index is 0.893. The molecule has 3 heteroatoms. The molecule has 0 radical (unpaired) electrons.